The molecule has 3 rings (SSSR count). The number of carbonyl (C=O) groups excluding carboxylic acids is 1. The van der Waals surface area contributed by atoms with Gasteiger partial charge in [-0.05, 0) is 25.0 Å². The fourth-order valence-corrected chi connectivity index (χ4v) is 4.30. The topological polar surface area (TPSA) is 99.8 Å². The minimum absolute atomic E-state index is 0.243. The standard InChI is InChI=1S/C17H21N5O2S2/c1-2-4-16-19-12(10-25-16)11-26-17-21-20-15(7-6-14(18)23)22(17)9-13-5-3-8-24-13/h3,5,8,10H,2,4,6-7,9,11H2,1H3,(H2,18,23). The van der Waals surface area contributed by atoms with E-state index in [1.807, 2.05) is 16.7 Å². The average Bonchev–Trinajstić information content (AvgIpc) is 3.34. The molecule has 3 heterocycles. The third-order valence-corrected chi connectivity index (χ3v) is 5.65. The minimum atomic E-state index is -0.349. The molecule has 9 heteroatoms. The summed E-state index contributed by atoms with van der Waals surface area (Å²) in [5.74, 6) is 1.92. The van der Waals surface area contributed by atoms with Crippen molar-refractivity contribution in [3.05, 3.63) is 46.1 Å². The molecule has 1 amide bonds. The second-order valence-corrected chi connectivity index (χ2v) is 7.69. The average molecular weight is 392 g/mol. The monoisotopic (exact) mass is 391 g/mol. The van der Waals surface area contributed by atoms with E-state index in [0.717, 1.165) is 41.0 Å². The van der Waals surface area contributed by atoms with Crippen molar-refractivity contribution in [2.75, 3.05) is 0 Å². The number of thioether (sulfide) groups is 1. The number of nitrogens with zero attached hydrogens (tertiary/aromatic N) is 4. The summed E-state index contributed by atoms with van der Waals surface area (Å²) in [7, 11) is 0. The normalized spacial score (nSPS) is 11.1. The summed E-state index contributed by atoms with van der Waals surface area (Å²) in [6.45, 7) is 2.68. The molecule has 7 nitrogen and oxygen atoms in total. The van der Waals surface area contributed by atoms with Crippen molar-refractivity contribution >= 4 is 29.0 Å². The van der Waals surface area contributed by atoms with Gasteiger partial charge in [0.15, 0.2) is 5.16 Å². The van der Waals surface area contributed by atoms with Crippen LogP contribution in [0.2, 0.25) is 0 Å². The Hall–Kier alpha value is -2.13. The Kier molecular flexibility index (Phi) is 6.45. The summed E-state index contributed by atoms with van der Waals surface area (Å²) in [5.41, 5.74) is 6.32. The van der Waals surface area contributed by atoms with Crippen LogP contribution in [0.3, 0.4) is 0 Å². The molecule has 3 aromatic rings. The zero-order chi connectivity index (χ0) is 18.4. The Morgan fingerprint density at radius 2 is 2.27 bits per heavy atom. The van der Waals surface area contributed by atoms with E-state index >= 15 is 0 Å². The first-order valence-electron chi connectivity index (χ1n) is 8.44. The molecule has 0 bridgehead atoms. The number of primary amides is 1. The van der Waals surface area contributed by atoms with Crippen molar-refractivity contribution < 1.29 is 9.21 Å². The number of aryl methyl sites for hydroxylation is 2. The summed E-state index contributed by atoms with van der Waals surface area (Å²) in [4.78, 5) is 15.8. The summed E-state index contributed by atoms with van der Waals surface area (Å²) < 4.78 is 7.43. The maximum atomic E-state index is 11.1. The Morgan fingerprint density at radius 3 is 3.00 bits per heavy atom. The number of amides is 1. The molecular formula is C17H21N5O2S2. The van der Waals surface area contributed by atoms with Crippen LogP contribution in [0.15, 0.2) is 33.3 Å². The van der Waals surface area contributed by atoms with Crippen LogP contribution in [0.1, 0.15) is 42.1 Å². The van der Waals surface area contributed by atoms with E-state index in [2.05, 4.69) is 27.5 Å². The van der Waals surface area contributed by atoms with Crippen molar-refractivity contribution in [3.63, 3.8) is 0 Å². The Morgan fingerprint density at radius 1 is 1.38 bits per heavy atom. The van der Waals surface area contributed by atoms with E-state index in [9.17, 15) is 4.79 Å². The number of carbonyl (C=O) groups is 1. The molecule has 0 aromatic carbocycles. The van der Waals surface area contributed by atoms with E-state index in [-0.39, 0.29) is 12.3 Å². The first kappa shape index (κ1) is 18.7. The van der Waals surface area contributed by atoms with Gasteiger partial charge < -0.3 is 10.2 Å². The molecule has 0 aliphatic rings. The van der Waals surface area contributed by atoms with Gasteiger partial charge in [-0.15, -0.1) is 21.5 Å². The van der Waals surface area contributed by atoms with Gasteiger partial charge in [-0.2, -0.15) is 0 Å². The van der Waals surface area contributed by atoms with Crippen LogP contribution < -0.4 is 5.73 Å². The van der Waals surface area contributed by atoms with Gasteiger partial charge in [0, 0.05) is 24.0 Å². The molecule has 138 valence electrons. The number of thiazole rings is 1. The molecule has 0 radical (unpaired) electrons. The zero-order valence-corrected chi connectivity index (χ0v) is 16.2. The van der Waals surface area contributed by atoms with E-state index in [1.165, 1.54) is 5.01 Å². The van der Waals surface area contributed by atoms with Gasteiger partial charge in [0.1, 0.15) is 11.6 Å². The van der Waals surface area contributed by atoms with Crippen LogP contribution in [-0.2, 0) is 29.9 Å². The van der Waals surface area contributed by atoms with Crippen molar-refractivity contribution in [1.29, 1.82) is 0 Å². The lowest BCUT2D eigenvalue weighted by atomic mass is 10.3. The summed E-state index contributed by atoms with van der Waals surface area (Å²) in [5, 5.41) is 12.6. The van der Waals surface area contributed by atoms with Gasteiger partial charge in [0.25, 0.3) is 0 Å². The van der Waals surface area contributed by atoms with E-state index in [4.69, 9.17) is 10.2 Å². The third kappa shape index (κ3) is 4.95. The van der Waals surface area contributed by atoms with Gasteiger partial charge in [0.2, 0.25) is 5.91 Å². The van der Waals surface area contributed by atoms with Crippen molar-refractivity contribution in [3.8, 4) is 0 Å². The lowest BCUT2D eigenvalue weighted by Crippen LogP contribution is -2.14. The van der Waals surface area contributed by atoms with Gasteiger partial charge in [-0.3, -0.25) is 9.36 Å². The molecule has 2 N–H and O–H groups in total. The van der Waals surface area contributed by atoms with Crippen molar-refractivity contribution in [2.45, 2.75) is 50.1 Å². The van der Waals surface area contributed by atoms with Crippen LogP contribution in [0.25, 0.3) is 0 Å². The predicted octanol–water partition coefficient (Wildman–Crippen LogP) is 3.04. The first-order chi connectivity index (χ1) is 12.7. The van der Waals surface area contributed by atoms with Crippen LogP contribution >= 0.6 is 23.1 Å². The van der Waals surface area contributed by atoms with Crippen LogP contribution in [0, 0.1) is 0 Å². The number of nitrogens with two attached hydrogens (primary N) is 1. The maximum Gasteiger partial charge on any atom is 0.217 e. The summed E-state index contributed by atoms with van der Waals surface area (Å²) in [6.07, 6.45) is 4.45. The molecule has 26 heavy (non-hydrogen) atoms. The number of aromatic nitrogens is 4. The fourth-order valence-electron chi connectivity index (χ4n) is 2.45. The molecule has 0 saturated heterocycles. The Labute approximate surface area is 160 Å². The number of hydrogen-bond acceptors (Lipinski definition) is 7. The van der Waals surface area contributed by atoms with E-state index < -0.39 is 0 Å². The van der Waals surface area contributed by atoms with Gasteiger partial charge in [-0.25, -0.2) is 4.98 Å². The second-order valence-electron chi connectivity index (χ2n) is 5.80. The maximum absolute atomic E-state index is 11.1. The molecule has 0 atom stereocenters. The largest absolute Gasteiger partial charge is 0.467 e. The molecule has 3 aromatic heterocycles. The summed E-state index contributed by atoms with van der Waals surface area (Å²) in [6, 6.07) is 3.75. The van der Waals surface area contributed by atoms with Crippen LogP contribution in [-0.4, -0.2) is 25.7 Å². The SMILES string of the molecule is CCCc1nc(CSc2nnc(CCC(N)=O)n2Cc2ccco2)cs1. The zero-order valence-electron chi connectivity index (χ0n) is 14.6. The summed E-state index contributed by atoms with van der Waals surface area (Å²) >= 11 is 3.28. The Bertz CT molecular complexity index is 841. The molecule has 0 aliphatic carbocycles. The molecule has 0 fully saturated rings. The minimum Gasteiger partial charge on any atom is -0.467 e. The second kappa shape index (κ2) is 9.00. The van der Waals surface area contributed by atoms with E-state index in [1.54, 1.807) is 29.4 Å². The Balaban J connectivity index is 1.72. The number of furan rings is 1. The highest BCUT2D eigenvalue weighted by atomic mass is 32.2. The van der Waals surface area contributed by atoms with Gasteiger partial charge >= 0.3 is 0 Å². The first-order valence-corrected chi connectivity index (χ1v) is 10.3. The van der Waals surface area contributed by atoms with Gasteiger partial charge in [0.05, 0.1) is 23.5 Å². The van der Waals surface area contributed by atoms with Crippen LogP contribution in [0.5, 0.6) is 0 Å². The third-order valence-electron chi connectivity index (χ3n) is 3.69. The van der Waals surface area contributed by atoms with E-state index in [0.29, 0.717) is 13.0 Å². The highest BCUT2D eigenvalue weighted by Gasteiger charge is 2.15. The lowest BCUT2D eigenvalue weighted by molar-refractivity contribution is -0.118. The molecule has 0 unspecified atom stereocenters. The molecule has 0 saturated carbocycles. The molecule has 0 spiro atoms. The highest BCUT2D eigenvalue weighted by molar-refractivity contribution is 7.98. The smallest absolute Gasteiger partial charge is 0.217 e. The lowest BCUT2D eigenvalue weighted by Gasteiger charge is -2.08. The molecular weight excluding hydrogens is 370 g/mol. The van der Waals surface area contributed by atoms with Crippen LogP contribution in [0.4, 0.5) is 0 Å². The fraction of sp³-hybridized carbons (Fsp3) is 0.412. The predicted molar refractivity (Wildman–Crippen MR) is 101 cm³/mol. The number of hydrogen-bond donors (Lipinski definition) is 1. The van der Waals surface area contributed by atoms with Crippen molar-refractivity contribution in [2.24, 2.45) is 5.73 Å². The van der Waals surface area contributed by atoms with Crippen molar-refractivity contribution in [1.82, 2.24) is 19.7 Å². The van der Waals surface area contributed by atoms with Gasteiger partial charge in [-0.1, -0.05) is 18.7 Å². The quantitative estimate of drug-likeness (QED) is 0.533. The molecule has 0 aliphatic heterocycles. The number of rotatable bonds is 10. The highest BCUT2D eigenvalue weighted by Crippen LogP contribution is 2.24.